The van der Waals surface area contributed by atoms with Gasteiger partial charge in [0.15, 0.2) is 10.3 Å². The van der Waals surface area contributed by atoms with E-state index in [0.717, 1.165) is 31.6 Å². The van der Waals surface area contributed by atoms with Gasteiger partial charge >= 0.3 is 5.97 Å². The molecule has 2 rings (SSSR count). The second-order valence-electron chi connectivity index (χ2n) is 5.27. The molecule has 1 saturated heterocycles. The smallest absolute Gasteiger partial charge is 0.303 e. The zero-order valence-corrected chi connectivity index (χ0v) is 12.7. The summed E-state index contributed by atoms with van der Waals surface area (Å²) in [4.78, 5) is 13.0. The summed E-state index contributed by atoms with van der Waals surface area (Å²) in [5, 5.41) is 17.1. The highest BCUT2D eigenvalue weighted by Crippen LogP contribution is 2.32. The highest BCUT2D eigenvalue weighted by molar-refractivity contribution is 6.33. The molecule has 20 heavy (non-hydrogen) atoms. The van der Waals surface area contributed by atoms with Crippen LogP contribution in [-0.4, -0.2) is 34.4 Å². The maximum atomic E-state index is 10.8. The number of aromatic nitrogens is 2. The molecule has 110 valence electrons. The van der Waals surface area contributed by atoms with E-state index in [2.05, 4.69) is 15.1 Å². The topological polar surface area (TPSA) is 66.3 Å². The summed E-state index contributed by atoms with van der Waals surface area (Å²) >= 11 is 11.9. The van der Waals surface area contributed by atoms with Crippen molar-refractivity contribution >= 4 is 34.9 Å². The van der Waals surface area contributed by atoms with Gasteiger partial charge in [-0.3, -0.25) is 4.79 Å². The molecule has 0 spiro atoms. The van der Waals surface area contributed by atoms with Crippen molar-refractivity contribution in [2.75, 3.05) is 18.0 Å². The van der Waals surface area contributed by atoms with Crippen molar-refractivity contribution < 1.29 is 9.90 Å². The van der Waals surface area contributed by atoms with Crippen LogP contribution in [0.4, 0.5) is 5.69 Å². The zero-order valence-electron chi connectivity index (χ0n) is 11.2. The van der Waals surface area contributed by atoms with Crippen LogP contribution in [0, 0.1) is 11.8 Å². The zero-order chi connectivity index (χ0) is 14.7. The number of anilines is 1. The maximum Gasteiger partial charge on any atom is 0.303 e. The van der Waals surface area contributed by atoms with E-state index in [-0.39, 0.29) is 12.3 Å². The highest BCUT2D eigenvalue weighted by Gasteiger charge is 2.27. The summed E-state index contributed by atoms with van der Waals surface area (Å²) in [6, 6.07) is 1.71. The molecule has 0 amide bonds. The van der Waals surface area contributed by atoms with Gasteiger partial charge in [-0.1, -0.05) is 30.1 Å². The molecule has 2 heterocycles. The molecule has 1 N–H and O–H groups in total. The summed E-state index contributed by atoms with van der Waals surface area (Å²) in [6.07, 6.45) is 2.24. The lowest BCUT2D eigenvalue weighted by Crippen LogP contribution is -2.38. The summed E-state index contributed by atoms with van der Waals surface area (Å²) in [6.45, 7) is 3.63. The first kappa shape index (κ1) is 15.3. The molecule has 2 atom stereocenters. The second kappa shape index (κ2) is 6.59. The third-order valence-corrected chi connectivity index (χ3v) is 4.25. The third-order valence-electron chi connectivity index (χ3n) is 3.80. The Morgan fingerprint density at radius 2 is 2.30 bits per heavy atom. The van der Waals surface area contributed by atoms with Gasteiger partial charge in [-0.25, -0.2) is 0 Å². The number of rotatable bonds is 4. The lowest BCUT2D eigenvalue weighted by Gasteiger charge is -2.37. The fourth-order valence-electron chi connectivity index (χ4n) is 2.70. The number of aliphatic carboxylic acids is 1. The normalized spacial score (nSPS) is 20.8. The van der Waals surface area contributed by atoms with Crippen LogP contribution in [0.15, 0.2) is 6.07 Å². The minimum atomic E-state index is -0.749. The number of hydrogen-bond donors (Lipinski definition) is 1. The van der Waals surface area contributed by atoms with Gasteiger partial charge in [-0.15, -0.1) is 10.2 Å². The van der Waals surface area contributed by atoms with Crippen LogP contribution in [0.1, 0.15) is 26.2 Å². The molecule has 0 aromatic carbocycles. The quantitative estimate of drug-likeness (QED) is 0.924. The Labute approximate surface area is 127 Å². The number of nitrogens with zero attached hydrogens (tertiary/aromatic N) is 3. The van der Waals surface area contributed by atoms with E-state index in [0.29, 0.717) is 16.2 Å². The number of carboxylic acids is 1. The van der Waals surface area contributed by atoms with E-state index in [9.17, 15) is 4.79 Å². The Hall–Kier alpha value is -1.07. The van der Waals surface area contributed by atoms with Gasteiger partial charge < -0.3 is 10.0 Å². The fraction of sp³-hybridized carbons (Fsp3) is 0.615. The van der Waals surface area contributed by atoms with Gasteiger partial charge in [0, 0.05) is 25.6 Å². The first-order chi connectivity index (χ1) is 9.47. The molecule has 1 aromatic rings. The van der Waals surface area contributed by atoms with Crippen LogP contribution < -0.4 is 4.90 Å². The average molecular weight is 318 g/mol. The molecule has 5 nitrogen and oxygen atoms in total. The maximum absolute atomic E-state index is 10.8. The molecule has 1 aliphatic rings. The predicted octanol–water partition coefficient (Wildman–Crippen LogP) is 3.11. The molecule has 0 saturated carbocycles. The van der Waals surface area contributed by atoms with Crippen LogP contribution in [0.2, 0.25) is 10.3 Å². The lowest BCUT2D eigenvalue weighted by atomic mass is 9.84. The van der Waals surface area contributed by atoms with E-state index in [1.807, 2.05) is 6.92 Å². The molecule has 0 bridgehead atoms. The minimum Gasteiger partial charge on any atom is -0.481 e. The van der Waals surface area contributed by atoms with Crippen molar-refractivity contribution in [2.45, 2.75) is 26.2 Å². The van der Waals surface area contributed by atoms with Gasteiger partial charge in [-0.05, 0) is 24.7 Å². The van der Waals surface area contributed by atoms with Crippen LogP contribution >= 0.6 is 23.2 Å². The Morgan fingerprint density at radius 1 is 1.55 bits per heavy atom. The van der Waals surface area contributed by atoms with E-state index < -0.39 is 5.97 Å². The number of hydrogen-bond acceptors (Lipinski definition) is 4. The first-order valence-electron chi connectivity index (χ1n) is 6.63. The van der Waals surface area contributed by atoms with Crippen LogP contribution in [0.5, 0.6) is 0 Å². The van der Waals surface area contributed by atoms with Crippen LogP contribution in [-0.2, 0) is 4.79 Å². The number of halogens is 2. The average Bonchev–Trinajstić information content (AvgIpc) is 2.41. The third kappa shape index (κ3) is 3.73. The minimum absolute atomic E-state index is 0.138. The molecule has 0 aliphatic carbocycles. The molecular weight excluding hydrogens is 301 g/mol. The Morgan fingerprint density at radius 3 is 3.00 bits per heavy atom. The number of carbonyl (C=O) groups is 1. The van der Waals surface area contributed by atoms with Crippen molar-refractivity contribution in [2.24, 2.45) is 11.8 Å². The molecular formula is C13H17Cl2N3O2. The standard InChI is InChI=1S/C13H17Cl2N3O2/c1-8(5-12(19)20)9-3-2-4-18(7-9)10-6-11(14)16-17-13(10)15/h6,8-9H,2-5,7H2,1H3,(H,19,20). The van der Waals surface area contributed by atoms with Crippen molar-refractivity contribution in [3.8, 4) is 0 Å². The van der Waals surface area contributed by atoms with Crippen molar-refractivity contribution in [1.82, 2.24) is 10.2 Å². The summed E-state index contributed by atoms with van der Waals surface area (Å²) in [5.41, 5.74) is 0.777. The fourth-order valence-corrected chi connectivity index (χ4v) is 3.05. The molecule has 1 fully saturated rings. The molecule has 2 unspecified atom stereocenters. The number of carboxylic acid groups (broad SMARTS) is 1. The van der Waals surface area contributed by atoms with Crippen LogP contribution in [0.25, 0.3) is 0 Å². The Balaban J connectivity index is 2.10. The largest absolute Gasteiger partial charge is 0.481 e. The Bertz CT molecular complexity index is 499. The van der Waals surface area contributed by atoms with Crippen LogP contribution in [0.3, 0.4) is 0 Å². The molecule has 1 aromatic heterocycles. The Kier molecular flexibility index (Phi) is 5.05. The second-order valence-corrected chi connectivity index (χ2v) is 6.01. The molecule has 0 radical (unpaired) electrons. The predicted molar refractivity (Wildman–Crippen MR) is 78.4 cm³/mol. The van der Waals surface area contributed by atoms with Gasteiger partial charge in [-0.2, -0.15) is 0 Å². The molecule has 1 aliphatic heterocycles. The number of piperidine rings is 1. The summed E-state index contributed by atoms with van der Waals surface area (Å²) in [7, 11) is 0. The van der Waals surface area contributed by atoms with Gasteiger partial charge in [0.25, 0.3) is 0 Å². The SMILES string of the molecule is CC(CC(=O)O)C1CCCN(c2cc(Cl)nnc2Cl)C1. The van der Waals surface area contributed by atoms with Crippen molar-refractivity contribution in [1.29, 1.82) is 0 Å². The van der Waals surface area contributed by atoms with Gasteiger partial charge in [0.1, 0.15) is 0 Å². The first-order valence-corrected chi connectivity index (χ1v) is 7.38. The van der Waals surface area contributed by atoms with E-state index in [1.165, 1.54) is 0 Å². The monoisotopic (exact) mass is 317 g/mol. The van der Waals surface area contributed by atoms with E-state index >= 15 is 0 Å². The molecule has 7 heteroatoms. The van der Waals surface area contributed by atoms with Gasteiger partial charge in [0.2, 0.25) is 0 Å². The van der Waals surface area contributed by atoms with E-state index in [4.69, 9.17) is 28.3 Å². The van der Waals surface area contributed by atoms with Crippen molar-refractivity contribution in [3.05, 3.63) is 16.4 Å². The highest BCUT2D eigenvalue weighted by atomic mass is 35.5. The lowest BCUT2D eigenvalue weighted by molar-refractivity contribution is -0.138. The van der Waals surface area contributed by atoms with Gasteiger partial charge in [0.05, 0.1) is 5.69 Å². The summed E-state index contributed by atoms with van der Waals surface area (Å²) < 4.78 is 0. The summed E-state index contributed by atoms with van der Waals surface area (Å²) in [5.74, 6) is -0.275. The van der Waals surface area contributed by atoms with E-state index in [1.54, 1.807) is 6.07 Å². The van der Waals surface area contributed by atoms with Crippen molar-refractivity contribution in [3.63, 3.8) is 0 Å².